The molecule has 1 fully saturated rings. The van der Waals surface area contributed by atoms with E-state index in [0.717, 1.165) is 31.8 Å². The van der Waals surface area contributed by atoms with Crippen LogP contribution >= 0.6 is 0 Å². The van der Waals surface area contributed by atoms with Gasteiger partial charge >= 0.3 is 12.0 Å². The number of nitrogens with one attached hydrogen (secondary N) is 1. The van der Waals surface area contributed by atoms with Crippen LogP contribution in [0.3, 0.4) is 0 Å². The number of carboxylic acid groups (broad SMARTS) is 1. The lowest BCUT2D eigenvalue weighted by Gasteiger charge is -2.32. The number of carboxylic acids is 1. The summed E-state index contributed by atoms with van der Waals surface area (Å²) in [7, 11) is 0. The Morgan fingerprint density at radius 2 is 2.00 bits per heavy atom. The summed E-state index contributed by atoms with van der Waals surface area (Å²) in [6.45, 7) is 5.94. The van der Waals surface area contributed by atoms with Crippen LogP contribution in [0.2, 0.25) is 0 Å². The third-order valence-corrected chi connectivity index (χ3v) is 3.87. The molecule has 110 valence electrons. The van der Waals surface area contributed by atoms with Gasteiger partial charge < -0.3 is 15.3 Å². The quantitative estimate of drug-likeness (QED) is 0.778. The third kappa shape index (κ3) is 5.49. The third-order valence-electron chi connectivity index (χ3n) is 3.87. The highest BCUT2D eigenvalue weighted by molar-refractivity contribution is 5.74. The van der Waals surface area contributed by atoms with E-state index in [1.165, 1.54) is 12.8 Å². The molecular weight excluding hydrogens is 244 g/mol. The van der Waals surface area contributed by atoms with Gasteiger partial charge in [0.2, 0.25) is 0 Å². The van der Waals surface area contributed by atoms with Crippen LogP contribution in [0, 0.1) is 11.8 Å². The molecule has 0 saturated carbocycles. The van der Waals surface area contributed by atoms with Gasteiger partial charge in [-0.3, -0.25) is 4.79 Å². The summed E-state index contributed by atoms with van der Waals surface area (Å²) in [6, 6.07) is -0.0486. The average Bonchev–Trinajstić information content (AvgIpc) is 2.39. The highest BCUT2D eigenvalue weighted by Gasteiger charge is 2.22. The van der Waals surface area contributed by atoms with E-state index in [1.807, 2.05) is 4.90 Å². The Balaban J connectivity index is 2.19. The summed E-state index contributed by atoms with van der Waals surface area (Å²) >= 11 is 0. The first-order valence-electron chi connectivity index (χ1n) is 7.30. The summed E-state index contributed by atoms with van der Waals surface area (Å²) in [5.74, 6) is -0.452. The van der Waals surface area contributed by atoms with Crippen molar-refractivity contribution in [3.8, 4) is 0 Å². The summed E-state index contributed by atoms with van der Waals surface area (Å²) in [6.07, 6.45) is 5.13. The minimum atomic E-state index is -0.811. The van der Waals surface area contributed by atoms with Crippen molar-refractivity contribution >= 4 is 12.0 Å². The molecule has 0 aromatic rings. The van der Waals surface area contributed by atoms with Gasteiger partial charge in [-0.05, 0) is 25.2 Å². The molecule has 1 aliphatic heterocycles. The zero-order valence-corrected chi connectivity index (χ0v) is 12.0. The largest absolute Gasteiger partial charge is 0.481 e. The molecule has 0 aliphatic carbocycles. The van der Waals surface area contributed by atoms with Crippen LogP contribution in [0.25, 0.3) is 0 Å². The number of hydrogen-bond donors (Lipinski definition) is 2. The maximum Gasteiger partial charge on any atom is 0.317 e. The molecule has 1 saturated heterocycles. The maximum atomic E-state index is 11.9. The van der Waals surface area contributed by atoms with E-state index in [4.69, 9.17) is 5.11 Å². The number of hydrogen-bond acceptors (Lipinski definition) is 2. The number of urea groups is 1. The molecular formula is C14H26N2O3. The van der Waals surface area contributed by atoms with Crippen LogP contribution in [0.15, 0.2) is 0 Å². The Bertz CT molecular complexity index is 299. The standard InChI is InChI=1S/C14H26N2O3/c1-3-4-12-6-9-16(10-7-12)14(19)15-8-5-11(2)13(17)18/h11-12H,3-10H2,1-2H3,(H,15,19)(H,17,18). The number of carbonyl (C=O) groups excluding carboxylic acids is 1. The second-order valence-corrected chi connectivity index (χ2v) is 5.48. The van der Waals surface area contributed by atoms with Crippen LogP contribution in [-0.2, 0) is 4.79 Å². The number of nitrogens with zero attached hydrogens (tertiary/aromatic N) is 1. The van der Waals surface area contributed by atoms with Gasteiger partial charge in [0, 0.05) is 19.6 Å². The fourth-order valence-corrected chi connectivity index (χ4v) is 2.46. The second kappa shape index (κ2) is 8.02. The van der Waals surface area contributed by atoms with E-state index in [0.29, 0.717) is 13.0 Å². The van der Waals surface area contributed by atoms with Gasteiger partial charge in [0.05, 0.1) is 5.92 Å². The first-order valence-corrected chi connectivity index (χ1v) is 7.30. The monoisotopic (exact) mass is 270 g/mol. The first-order chi connectivity index (χ1) is 9.04. The van der Waals surface area contributed by atoms with Crippen molar-refractivity contribution in [3.05, 3.63) is 0 Å². The lowest BCUT2D eigenvalue weighted by atomic mass is 9.93. The van der Waals surface area contributed by atoms with E-state index >= 15 is 0 Å². The fraction of sp³-hybridized carbons (Fsp3) is 0.857. The lowest BCUT2D eigenvalue weighted by Crippen LogP contribution is -2.45. The summed E-state index contributed by atoms with van der Waals surface area (Å²) in [5.41, 5.74) is 0. The minimum Gasteiger partial charge on any atom is -0.481 e. The van der Waals surface area contributed by atoms with Crippen LogP contribution in [0.1, 0.15) is 46.0 Å². The molecule has 0 radical (unpaired) electrons. The Kier molecular flexibility index (Phi) is 6.67. The molecule has 0 aromatic heterocycles. The molecule has 1 aliphatic rings. The second-order valence-electron chi connectivity index (χ2n) is 5.48. The zero-order valence-electron chi connectivity index (χ0n) is 12.0. The van der Waals surface area contributed by atoms with Gasteiger partial charge in [-0.1, -0.05) is 26.7 Å². The lowest BCUT2D eigenvalue weighted by molar-refractivity contribution is -0.141. The van der Waals surface area contributed by atoms with Crippen molar-refractivity contribution in [2.75, 3.05) is 19.6 Å². The van der Waals surface area contributed by atoms with Crippen molar-refractivity contribution in [1.82, 2.24) is 10.2 Å². The summed E-state index contributed by atoms with van der Waals surface area (Å²) in [4.78, 5) is 24.4. The molecule has 1 unspecified atom stereocenters. The number of likely N-dealkylation sites (tertiary alicyclic amines) is 1. The predicted molar refractivity (Wildman–Crippen MR) is 74.0 cm³/mol. The topological polar surface area (TPSA) is 69.6 Å². The Morgan fingerprint density at radius 3 is 2.53 bits per heavy atom. The fourth-order valence-electron chi connectivity index (χ4n) is 2.46. The summed E-state index contributed by atoms with van der Waals surface area (Å²) in [5, 5.41) is 11.6. The van der Waals surface area contributed by atoms with Gasteiger partial charge in [0.25, 0.3) is 0 Å². The van der Waals surface area contributed by atoms with Gasteiger partial charge in [-0.2, -0.15) is 0 Å². The zero-order chi connectivity index (χ0) is 14.3. The molecule has 0 aromatic carbocycles. The molecule has 1 heterocycles. The van der Waals surface area contributed by atoms with E-state index in [2.05, 4.69) is 12.2 Å². The van der Waals surface area contributed by atoms with E-state index in [-0.39, 0.29) is 6.03 Å². The maximum absolute atomic E-state index is 11.9. The highest BCUT2D eigenvalue weighted by atomic mass is 16.4. The van der Waals surface area contributed by atoms with E-state index < -0.39 is 11.9 Å². The summed E-state index contributed by atoms with van der Waals surface area (Å²) < 4.78 is 0. The number of piperidine rings is 1. The number of aliphatic carboxylic acids is 1. The van der Waals surface area contributed by atoms with E-state index in [9.17, 15) is 9.59 Å². The van der Waals surface area contributed by atoms with Gasteiger partial charge in [-0.25, -0.2) is 4.79 Å². The molecule has 1 rings (SSSR count). The Morgan fingerprint density at radius 1 is 1.37 bits per heavy atom. The van der Waals surface area contributed by atoms with Gasteiger partial charge in [0.15, 0.2) is 0 Å². The Hall–Kier alpha value is -1.26. The van der Waals surface area contributed by atoms with Gasteiger partial charge in [0.1, 0.15) is 0 Å². The first kappa shape index (κ1) is 15.8. The number of amides is 2. The molecule has 0 bridgehead atoms. The molecule has 5 nitrogen and oxygen atoms in total. The molecule has 1 atom stereocenters. The molecule has 2 N–H and O–H groups in total. The number of rotatable bonds is 6. The van der Waals surface area contributed by atoms with Crippen molar-refractivity contribution in [2.45, 2.75) is 46.0 Å². The van der Waals surface area contributed by atoms with Gasteiger partial charge in [-0.15, -0.1) is 0 Å². The predicted octanol–water partition coefficient (Wildman–Crippen LogP) is 2.32. The van der Waals surface area contributed by atoms with Crippen molar-refractivity contribution in [2.24, 2.45) is 11.8 Å². The Labute approximate surface area is 115 Å². The molecule has 2 amide bonds. The molecule has 5 heteroatoms. The van der Waals surface area contributed by atoms with Crippen molar-refractivity contribution in [1.29, 1.82) is 0 Å². The number of carbonyl (C=O) groups is 2. The average molecular weight is 270 g/mol. The van der Waals surface area contributed by atoms with Crippen molar-refractivity contribution in [3.63, 3.8) is 0 Å². The normalized spacial score (nSPS) is 18.1. The smallest absolute Gasteiger partial charge is 0.317 e. The van der Waals surface area contributed by atoms with E-state index in [1.54, 1.807) is 6.92 Å². The minimum absolute atomic E-state index is 0.0486. The SMILES string of the molecule is CCCC1CCN(C(=O)NCCC(C)C(=O)O)CC1. The van der Waals surface area contributed by atoms with Crippen molar-refractivity contribution < 1.29 is 14.7 Å². The van der Waals surface area contributed by atoms with Crippen LogP contribution in [-0.4, -0.2) is 41.6 Å². The van der Waals surface area contributed by atoms with Crippen LogP contribution in [0.4, 0.5) is 4.79 Å². The van der Waals surface area contributed by atoms with Crippen LogP contribution in [0.5, 0.6) is 0 Å². The molecule has 19 heavy (non-hydrogen) atoms. The molecule has 0 spiro atoms. The highest BCUT2D eigenvalue weighted by Crippen LogP contribution is 2.21. The van der Waals surface area contributed by atoms with Crippen LogP contribution < -0.4 is 5.32 Å².